The molecule has 0 aromatic carbocycles. The molecule has 1 unspecified atom stereocenters. The van der Waals surface area contributed by atoms with Crippen LogP contribution < -0.4 is 4.52 Å². The molecular weight excluding hydrogens is 221 g/mol. The number of rotatable bonds is 3. The van der Waals surface area contributed by atoms with Crippen molar-refractivity contribution in [2.24, 2.45) is 0 Å². The molecule has 0 radical (unpaired) electrons. The Bertz CT molecular complexity index is 414. The SMILES string of the molecule is Cc1ncc(OP(C)(=O)O)c(CO)c1O. The Balaban J connectivity index is 3.19. The van der Waals surface area contributed by atoms with Crippen molar-refractivity contribution < 1.29 is 24.2 Å². The van der Waals surface area contributed by atoms with E-state index in [0.717, 1.165) is 6.66 Å². The summed E-state index contributed by atoms with van der Waals surface area (Å²) in [5, 5.41) is 18.5. The van der Waals surface area contributed by atoms with Crippen LogP contribution in [0.25, 0.3) is 0 Å². The molecular formula is C8H12NO5P. The lowest BCUT2D eigenvalue weighted by Gasteiger charge is -2.13. The Morgan fingerprint density at radius 3 is 2.67 bits per heavy atom. The number of hydrogen-bond acceptors (Lipinski definition) is 5. The van der Waals surface area contributed by atoms with E-state index in [2.05, 4.69) is 9.51 Å². The van der Waals surface area contributed by atoms with Crippen molar-refractivity contribution >= 4 is 7.60 Å². The second-order valence-electron chi connectivity index (χ2n) is 3.09. The van der Waals surface area contributed by atoms with E-state index in [9.17, 15) is 9.67 Å². The van der Waals surface area contributed by atoms with Gasteiger partial charge in [0.1, 0.15) is 5.75 Å². The van der Waals surface area contributed by atoms with Crippen LogP contribution in [0.3, 0.4) is 0 Å². The van der Waals surface area contributed by atoms with Crippen molar-refractivity contribution in [3.05, 3.63) is 17.5 Å². The fourth-order valence-corrected chi connectivity index (χ4v) is 1.57. The van der Waals surface area contributed by atoms with Crippen LogP contribution in [0.15, 0.2) is 6.20 Å². The molecule has 6 nitrogen and oxygen atoms in total. The van der Waals surface area contributed by atoms with E-state index in [1.54, 1.807) is 6.92 Å². The van der Waals surface area contributed by atoms with Gasteiger partial charge in [-0.25, -0.2) is 4.57 Å². The van der Waals surface area contributed by atoms with Crippen molar-refractivity contribution in [1.82, 2.24) is 4.98 Å². The summed E-state index contributed by atoms with van der Waals surface area (Å²) in [7, 11) is -3.72. The molecule has 1 rings (SSSR count). The summed E-state index contributed by atoms with van der Waals surface area (Å²) in [5.41, 5.74) is 0.369. The standard InChI is InChI=1S/C8H12NO5P/c1-5-8(11)6(4-10)7(3-9-5)14-15(2,12)13/h3,10-11H,4H2,1-2H3,(H,12,13). The van der Waals surface area contributed by atoms with E-state index in [0.29, 0.717) is 5.69 Å². The number of aromatic hydroxyl groups is 1. The minimum atomic E-state index is -3.72. The Labute approximate surface area is 86.7 Å². The molecule has 1 aromatic heterocycles. The van der Waals surface area contributed by atoms with Gasteiger partial charge in [0.15, 0.2) is 5.75 Å². The van der Waals surface area contributed by atoms with Crippen molar-refractivity contribution in [3.8, 4) is 11.5 Å². The van der Waals surface area contributed by atoms with Crippen LogP contribution in [-0.2, 0) is 11.2 Å². The molecule has 84 valence electrons. The van der Waals surface area contributed by atoms with Gasteiger partial charge in [0.05, 0.1) is 24.1 Å². The van der Waals surface area contributed by atoms with E-state index in [-0.39, 0.29) is 17.1 Å². The topological polar surface area (TPSA) is 99.9 Å². The predicted octanol–water partition coefficient (Wildman–Crippen LogP) is 0.782. The second-order valence-corrected chi connectivity index (χ2v) is 4.88. The van der Waals surface area contributed by atoms with E-state index in [1.165, 1.54) is 6.20 Å². The zero-order chi connectivity index (χ0) is 11.6. The summed E-state index contributed by atoms with van der Waals surface area (Å²) in [5.74, 6) is -0.322. The lowest BCUT2D eigenvalue weighted by Crippen LogP contribution is -1.98. The number of aromatic nitrogens is 1. The number of nitrogens with zero attached hydrogens (tertiary/aromatic N) is 1. The Morgan fingerprint density at radius 1 is 1.60 bits per heavy atom. The average molecular weight is 233 g/mol. The molecule has 0 aliphatic rings. The predicted molar refractivity (Wildman–Crippen MR) is 52.9 cm³/mol. The summed E-state index contributed by atoms with van der Waals surface area (Å²) < 4.78 is 15.7. The van der Waals surface area contributed by atoms with E-state index in [1.807, 2.05) is 0 Å². The first-order valence-electron chi connectivity index (χ1n) is 4.13. The lowest BCUT2D eigenvalue weighted by atomic mass is 10.2. The summed E-state index contributed by atoms with van der Waals surface area (Å²) in [6.07, 6.45) is 1.19. The maximum absolute atomic E-state index is 11.0. The van der Waals surface area contributed by atoms with Crippen LogP contribution >= 0.6 is 7.60 Å². The van der Waals surface area contributed by atoms with Crippen LogP contribution in [0.1, 0.15) is 11.3 Å². The fourth-order valence-electron chi connectivity index (χ4n) is 1.04. The Morgan fingerprint density at radius 2 is 2.20 bits per heavy atom. The first-order valence-corrected chi connectivity index (χ1v) is 6.16. The monoisotopic (exact) mass is 233 g/mol. The zero-order valence-corrected chi connectivity index (χ0v) is 9.23. The van der Waals surface area contributed by atoms with E-state index < -0.39 is 14.2 Å². The van der Waals surface area contributed by atoms with Gasteiger partial charge in [-0.3, -0.25) is 4.98 Å². The van der Waals surface area contributed by atoms with Gasteiger partial charge in [-0.15, -0.1) is 0 Å². The molecule has 1 atom stereocenters. The van der Waals surface area contributed by atoms with Gasteiger partial charge in [0.25, 0.3) is 0 Å². The second kappa shape index (κ2) is 4.18. The highest BCUT2D eigenvalue weighted by Crippen LogP contribution is 2.41. The summed E-state index contributed by atoms with van der Waals surface area (Å²) in [4.78, 5) is 12.7. The van der Waals surface area contributed by atoms with Gasteiger partial charge in [-0.2, -0.15) is 0 Å². The highest BCUT2D eigenvalue weighted by Gasteiger charge is 2.18. The molecule has 15 heavy (non-hydrogen) atoms. The largest absolute Gasteiger partial charge is 0.506 e. The van der Waals surface area contributed by atoms with Gasteiger partial charge in [0, 0.05) is 6.66 Å². The number of pyridine rings is 1. The Kier molecular flexibility index (Phi) is 3.34. The van der Waals surface area contributed by atoms with Crippen molar-refractivity contribution in [2.45, 2.75) is 13.5 Å². The molecule has 0 bridgehead atoms. The fraction of sp³-hybridized carbons (Fsp3) is 0.375. The van der Waals surface area contributed by atoms with Crippen molar-refractivity contribution in [3.63, 3.8) is 0 Å². The normalized spacial score (nSPS) is 14.7. The lowest BCUT2D eigenvalue weighted by molar-refractivity contribution is 0.269. The smallest absolute Gasteiger partial charge is 0.373 e. The van der Waals surface area contributed by atoms with Crippen molar-refractivity contribution in [2.75, 3.05) is 6.66 Å². The quantitative estimate of drug-likeness (QED) is 0.667. The maximum atomic E-state index is 11.0. The minimum Gasteiger partial charge on any atom is -0.506 e. The molecule has 0 fully saturated rings. The Hall–Kier alpha value is -1.10. The van der Waals surface area contributed by atoms with E-state index in [4.69, 9.17) is 10.00 Å². The molecule has 7 heteroatoms. The average Bonchev–Trinajstić information content (AvgIpc) is 2.10. The first-order chi connectivity index (χ1) is 6.85. The zero-order valence-electron chi connectivity index (χ0n) is 8.34. The molecule has 0 amide bonds. The van der Waals surface area contributed by atoms with Crippen molar-refractivity contribution in [1.29, 1.82) is 0 Å². The number of aryl methyl sites for hydroxylation is 1. The summed E-state index contributed by atoms with van der Waals surface area (Å²) in [6.45, 7) is 2.05. The van der Waals surface area contributed by atoms with Gasteiger partial charge in [0.2, 0.25) is 0 Å². The molecule has 0 saturated carbocycles. The van der Waals surface area contributed by atoms with Gasteiger partial charge in [-0.05, 0) is 6.92 Å². The van der Waals surface area contributed by atoms with Crippen LogP contribution in [-0.4, -0.2) is 26.8 Å². The molecule has 1 aromatic rings. The van der Waals surface area contributed by atoms with Crippen LogP contribution in [0.2, 0.25) is 0 Å². The van der Waals surface area contributed by atoms with Crippen LogP contribution in [0.5, 0.6) is 11.5 Å². The molecule has 1 heterocycles. The van der Waals surface area contributed by atoms with E-state index >= 15 is 0 Å². The third-order valence-electron chi connectivity index (χ3n) is 1.73. The minimum absolute atomic E-state index is 0.0543. The number of aliphatic hydroxyl groups excluding tert-OH is 1. The first kappa shape index (κ1) is 12.0. The maximum Gasteiger partial charge on any atom is 0.373 e. The summed E-state index contributed by atoms with van der Waals surface area (Å²) >= 11 is 0. The number of aliphatic hydroxyl groups is 1. The van der Waals surface area contributed by atoms with Crippen LogP contribution in [0, 0.1) is 6.92 Å². The van der Waals surface area contributed by atoms with Crippen LogP contribution in [0.4, 0.5) is 0 Å². The summed E-state index contributed by atoms with van der Waals surface area (Å²) in [6, 6.07) is 0. The van der Waals surface area contributed by atoms with Gasteiger partial charge < -0.3 is 19.6 Å². The molecule has 0 aliphatic heterocycles. The molecule has 0 aliphatic carbocycles. The molecule has 0 saturated heterocycles. The van der Waals surface area contributed by atoms with Gasteiger partial charge >= 0.3 is 7.60 Å². The highest BCUT2D eigenvalue weighted by molar-refractivity contribution is 7.52. The highest BCUT2D eigenvalue weighted by atomic mass is 31.2. The molecule has 0 spiro atoms. The third kappa shape index (κ3) is 2.92. The number of hydrogen-bond donors (Lipinski definition) is 3. The van der Waals surface area contributed by atoms with Gasteiger partial charge in [-0.1, -0.05) is 0 Å². The third-order valence-corrected chi connectivity index (χ3v) is 2.26. The molecule has 3 N–H and O–H groups in total.